The molecule has 2 heterocycles. The molecule has 1 atom stereocenters. The van der Waals surface area contributed by atoms with E-state index >= 15 is 0 Å². The van der Waals surface area contributed by atoms with E-state index in [0.29, 0.717) is 11.6 Å². The second-order valence-corrected chi connectivity index (χ2v) is 4.77. The summed E-state index contributed by atoms with van der Waals surface area (Å²) >= 11 is 0. The highest BCUT2D eigenvalue weighted by atomic mass is 16.4. The molecule has 0 saturated carbocycles. The predicted molar refractivity (Wildman–Crippen MR) is 69.6 cm³/mol. The number of benzene rings is 1. The minimum absolute atomic E-state index is 0.398. The van der Waals surface area contributed by atoms with E-state index in [9.17, 15) is 4.79 Å². The largest absolute Gasteiger partial charge is 0.417 e. The van der Waals surface area contributed by atoms with Crippen LogP contribution in [0.3, 0.4) is 0 Å². The van der Waals surface area contributed by atoms with Crippen molar-refractivity contribution < 1.29 is 4.42 Å². The maximum Gasteiger partial charge on any atom is 0.417 e. The lowest BCUT2D eigenvalue weighted by Crippen LogP contribution is -2.33. The van der Waals surface area contributed by atoms with E-state index in [1.807, 2.05) is 18.2 Å². The van der Waals surface area contributed by atoms with Crippen LogP contribution >= 0.6 is 0 Å². The van der Waals surface area contributed by atoms with Crippen LogP contribution in [0.15, 0.2) is 27.4 Å². The molecule has 0 radical (unpaired) electrons. The molecular formula is C13H17N3O2. The Morgan fingerprint density at radius 1 is 1.44 bits per heavy atom. The molecule has 5 heteroatoms. The lowest BCUT2D eigenvalue weighted by atomic mass is 10.2. The molecule has 0 spiro atoms. The van der Waals surface area contributed by atoms with Crippen LogP contribution < -0.4 is 16.4 Å². The molecule has 5 nitrogen and oxygen atoms in total. The number of hydrogen-bond acceptors (Lipinski definition) is 4. The van der Waals surface area contributed by atoms with Crippen molar-refractivity contribution in [2.45, 2.75) is 25.4 Å². The zero-order valence-corrected chi connectivity index (χ0v) is 10.2. The number of aromatic amines is 1. The third kappa shape index (κ3) is 2.47. The van der Waals surface area contributed by atoms with E-state index in [2.05, 4.69) is 15.6 Å². The molecule has 2 aromatic rings. The molecule has 1 unspecified atom stereocenters. The van der Waals surface area contributed by atoms with Gasteiger partial charge in [-0.1, -0.05) is 6.07 Å². The van der Waals surface area contributed by atoms with Crippen LogP contribution in [0.1, 0.15) is 18.4 Å². The van der Waals surface area contributed by atoms with Crippen molar-refractivity contribution in [1.82, 2.24) is 15.6 Å². The Hall–Kier alpha value is -1.59. The van der Waals surface area contributed by atoms with E-state index in [-0.39, 0.29) is 0 Å². The van der Waals surface area contributed by atoms with Gasteiger partial charge in [0, 0.05) is 19.1 Å². The second kappa shape index (κ2) is 4.96. The third-order valence-corrected chi connectivity index (χ3v) is 3.37. The minimum Gasteiger partial charge on any atom is -0.408 e. The molecule has 1 aromatic carbocycles. The van der Waals surface area contributed by atoms with E-state index in [1.165, 1.54) is 12.8 Å². The number of fused-ring (bicyclic) bond motifs is 1. The average Bonchev–Trinajstić information content (AvgIpc) is 2.96. The lowest BCUT2D eigenvalue weighted by Gasteiger charge is -2.11. The van der Waals surface area contributed by atoms with Crippen LogP contribution in [0.5, 0.6) is 0 Å². The summed E-state index contributed by atoms with van der Waals surface area (Å²) in [6.07, 6.45) is 2.52. The Morgan fingerprint density at radius 3 is 3.22 bits per heavy atom. The first kappa shape index (κ1) is 11.5. The number of aromatic nitrogens is 1. The van der Waals surface area contributed by atoms with E-state index in [1.54, 1.807) is 0 Å². The number of rotatable bonds is 4. The van der Waals surface area contributed by atoms with Gasteiger partial charge in [-0.2, -0.15) is 0 Å². The van der Waals surface area contributed by atoms with Crippen molar-refractivity contribution >= 4 is 11.1 Å². The Kier molecular flexibility index (Phi) is 3.17. The van der Waals surface area contributed by atoms with Crippen molar-refractivity contribution in [3.63, 3.8) is 0 Å². The molecule has 0 bridgehead atoms. The van der Waals surface area contributed by atoms with Crippen LogP contribution in [0.25, 0.3) is 11.1 Å². The normalized spacial score (nSPS) is 19.7. The van der Waals surface area contributed by atoms with Crippen molar-refractivity contribution in [2.24, 2.45) is 0 Å². The fourth-order valence-electron chi connectivity index (χ4n) is 2.43. The maximum atomic E-state index is 11.0. The minimum atomic E-state index is -0.398. The van der Waals surface area contributed by atoms with Gasteiger partial charge in [-0.3, -0.25) is 4.98 Å². The summed E-state index contributed by atoms with van der Waals surface area (Å²) in [6, 6.07) is 6.36. The topological polar surface area (TPSA) is 70.1 Å². The first-order valence-corrected chi connectivity index (χ1v) is 6.37. The van der Waals surface area contributed by atoms with Crippen LogP contribution in [-0.4, -0.2) is 24.1 Å². The van der Waals surface area contributed by atoms with E-state index in [4.69, 9.17) is 4.42 Å². The maximum absolute atomic E-state index is 11.0. The first-order valence-electron chi connectivity index (χ1n) is 6.37. The number of hydrogen-bond donors (Lipinski definition) is 3. The van der Waals surface area contributed by atoms with Crippen molar-refractivity contribution in [2.75, 3.05) is 13.1 Å². The van der Waals surface area contributed by atoms with Gasteiger partial charge >= 0.3 is 5.76 Å². The smallest absolute Gasteiger partial charge is 0.408 e. The van der Waals surface area contributed by atoms with E-state index < -0.39 is 5.76 Å². The zero-order chi connectivity index (χ0) is 12.4. The molecule has 96 valence electrons. The van der Waals surface area contributed by atoms with Crippen LogP contribution in [-0.2, 0) is 6.54 Å². The van der Waals surface area contributed by atoms with Gasteiger partial charge in [0.1, 0.15) is 0 Å². The summed E-state index contributed by atoms with van der Waals surface area (Å²) in [7, 11) is 0. The molecule has 0 aliphatic carbocycles. The highest BCUT2D eigenvalue weighted by Gasteiger charge is 2.12. The summed E-state index contributed by atoms with van der Waals surface area (Å²) in [6.45, 7) is 2.93. The van der Waals surface area contributed by atoms with Crippen molar-refractivity contribution in [3.05, 3.63) is 34.3 Å². The summed E-state index contributed by atoms with van der Waals surface area (Å²) in [5.41, 5.74) is 2.53. The third-order valence-electron chi connectivity index (χ3n) is 3.37. The molecule has 3 N–H and O–H groups in total. The monoisotopic (exact) mass is 247 g/mol. The van der Waals surface area contributed by atoms with E-state index in [0.717, 1.165) is 30.7 Å². The van der Waals surface area contributed by atoms with Gasteiger partial charge in [-0.15, -0.1) is 0 Å². The SMILES string of the molecule is O=c1[nH]c2cc(CNCC3CCCN3)ccc2o1. The van der Waals surface area contributed by atoms with Crippen LogP contribution in [0.4, 0.5) is 0 Å². The predicted octanol–water partition coefficient (Wildman–Crippen LogP) is 0.963. The Morgan fingerprint density at radius 2 is 2.39 bits per heavy atom. The van der Waals surface area contributed by atoms with Crippen molar-refractivity contribution in [1.29, 1.82) is 0 Å². The fourth-order valence-corrected chi connectivity index (χ4v) is 2.43. The summed E-state index contributed by atoms with van der Waals surface area (Å²) in [4.78, 5) is 13.7. The van der Waals surface area contributed by atoms with Gasteiger partial charge < -0.3 is 15.1 Å². The van der Waals surface area contributed by atoms with Gasteiger partial charge in [0.05, 0.1) is 5.52 Å². The first-order chi connectivity index (χ1) is 8.81. The molecule has 1 fully saturated rings. The zero-order valence-electron chi connectivity index (χ0n) is 10.2. The average molecular weight is 247 g/mol. The summed E-state index contributed by atoms with van der Waals surface area (Å²) in [5, 5.41) is 6.88. The van der Waals surface area contributed by atoms with Gasteiger partial charge in [-0.05, 0) is 37.1 Å². The Balaban J connectivity index is 1.61. The highest BCUT2D eigenvalue weighted by molar-refractivity contribution is 5.72. The van der Waals surface area contributed by atoms with Gasteiger partial charge in [-0.25, -0.2) is 4.79 Å². The summed E-state index contributed by atoms with van der Waals surface area (Å²) < 4.78 is 4.97. The number of nitrogens with one attached hydrogen (secondary N) is 3. The molecule has 1 aromatic heterocycles. The number of H-pyrrole nitrogens is 1. The quantitative estimate of drug-likeness (QED) is 0.752. The summed E-state index contributed by atoms with van der Waals surface area (Å²) in [5.74, 6) is -0.398. The molecule has 0 amide bonds. The Labute approximate surface area is 105 Å². The molecule has 1 saturated heterocycles. The van der Waals surface area contributed by atoms with Gasteiger partial charge in [0.2, 0.25) is 0 Å². The lowest BCUT2D eigenvalue weighted by molar-refractivity contribution is 0.535. The standard InChI is InChI=1S/C13H17N3O2/c17-13-16-11-6-9(3-4-12(11)18-13)7-14-8-10-2-1-5-15-10/h3-4,6,10,14-15H,1-2,5,7-8H2,(H,16,17). The molecule has 18 heavy (non-hydrogen) atoms. The molecule has 1 aliphatic heterocycles. The molecule has 1 aliphatic rings. The second-order valence-electron chi connectivity index (χ2n) is 4.77. The molecular weight excluding hydrogens is 230 g/mol. The fraction of sp³-hybridized carbons (Fsp3) is 0.462. The van der Waals surface area contributed by atoms with Crippen LogP contribution in [0, 0.1) is 0 Å². The van der Waals surface area contributed by atoms with Crippen LogP contribution in [0.2, 0.25) is 0 Å². The van der Waals surface area contributed by atoms with Gasteiger partial charge in [0.15, 0.2) is 5.58 Å². The van der Waals surface area contributed by atoms with Crippen molar-refractivity contribution in [3.8, 4) is 0 Å². The Bertz CT molecular complexity index is 581. The van der Waals surface area contributed by atoms with Gasteiger partial charge in [0.25, 0.3) is 0 Å². The molecule has 3 rings (SSSR count). The number of oxazole rings is 1. The highest BCUT2D eigenvalue weighted by Crippen LogP contribution is 2.12.